The first-order valence-electron chi connectivity index (χ1n) is 6.23. The second-order valence-electron chi connectivity index (χ2n) is 5.90. The van der Waals surface area contributed by atoms with Gasteiger partial charge in [0.25, 0.3) is 0 Å². The smallest absolute Gasteiger partial charge is 0.0405 e. The van der Waals surface area contributed by atoms with Crippen LogP contribution in [0.1, 0.15) is 36.6 Å². The molecule has 0 aromatic heterocycles. The van der Waals surface area contributed by atoms with Crippen molar-refractivity contribution < 1.29 is 0 Å². The number of nitrogens with two attached hydrogens (primary N) is 1. The van der Waals surface area contributed by atoms with Gasteiger partial charge in [-0.3, -0.25) is 0 Å². The Kier molecular flexibility index (Phi) is 4.34. The fourth-order valence-electron chi connectivity index (χ4n) is 2.49. The van der Waals surface area contributed by atoms with E-state index in [1.807, 2.05) is 0 Å². The standard InChI is InChI=1S/C15H26N2/c1-11-7-8-13(9-12(11)2)14(17(5)6)15(3,4)10-16/h7-9,14H,10,16H2,1-6H3. The molecule has 0 saturated heterocycles. The Balaban J connectivity index is 3.19. The summed E-state index contributed by atoms with van der Waals surface area (Å²) >= 11 is 0. The van der Waals surface area contributed by atoms with E-state index in [4.69, 9.17) is 5.73 Å². The van der Waals surface area contributed by atoms with Crippen molar-refractivity contribution in [1.29, 1.82) is 0 Å². The first kappa shape index (κ1) is 14.2. The topological polar surface area (TPSA) is 29.3 Å². The molecule has 1 unspecified atom stereocenters. The molecule has 1 aromatic rings. The third-order valence-electron chi connectivity index (χ3n) is 3.63. The molecule has 0 fully saturated rings. The lowest BCUT2D eigenvalue weighted by molar-refractivity contribution is 0.143. The minimum Gasteiger partial charge on any atom is -0.330 e. The Bertz CT molecular complexity index is 381. The lowest BCUT2D eigenvalue weighted by Crippen LogP contribution is -2.38. The van der Waals surface area contributed by atoms with Gasteiger partial charge in [0.05, 0.1) is 0 Å². The Morgan fingerprint density at radius 3 is 2.18 bits per heavy atom. The van der Waals surface area contributed by atoms with Crippen molar-refractivity contribution in [3.63, 3.8) is 0 Å². The Labute approximate surface area is 106 Å². The van der Waals surface area contributed by atoms with Gasteiger partial charge < -0.3 is 10.6 Å². The summed E-state index contributed by atoms with van der Waals surface area (Å²) in [5.74, 6) is 0. The van der Waals surface area contributed by atoms with Crippen LogP contribution < -0.4 is 5.73 Å². The molecule has 96 valence electrons. The molecule has 1 aromatic carbocycles. The predicted octanol–water partition coefficient (Wildman–Crippen LogP) is 2.89. The third kappa shape index (κ3) is 3.08. The highest BCUT2D eigenvalue weighted by atomic mass is 15.1. The van der Waals surface area contributed by atoms with Crippen molar-refractivity contribution in [2.45, 2.75) is 33.7 Å². The molecule has 1 rings (SSSR count). The first-order valence-corrected chi connectivity index (χ1v) is 6.23. The molecule has 0 radical (unpaired) electrons. The second kappa shape index (κ2) is 5.19. The molecule has 2 N–H and O–H groups in total. The molecule has 2 heteroatoms. The van der Waals surface area contributed by atoms with Crippen molar-refractivity contribution >= 4 is 0 Å². The van der Waals surface area contributed by atoms with Gasteiger partial charge in [0, 0.05) is 6.04 Å². The molecule has 0 aliphatic heterocycles. The molecule has 2 nitrogen and oxygen atoms in total. The van der Waals surface area contributed by atoms with Crippen LogP contribution in [0.15, 0.2) is 18.2 Å². The molecular weight excluding hydrogens is 208 g/mol. The molecule has 1 atom stereocenters. The largest absolute Gasteiger partial charge is 0.330 e. The lowest BCUT2D eigenvalue weighted by Gasteiger charge is -2.38. The zero-order valence-corrected chi connectivity index (χ0v) is 12.0. The molecular formula is C15H26N2. The van der Waals surface area contributed by atoms with E-state index in [2.05, 4.69) is 64.9 Å². The third-order valence-corrected chi connectivity index (χ3v) is 3.63. The van der Waals surface area contributed by atoms with Gasteiger partial charge in [-0.15, -0.1) is 0 Å². The van der Waals surface area contributed by atoms with Gasteiger partial charge in [-0.1, -0.05) is 32.0 Å². The molecule has 0 aliphatic carbocycles. The number of hydrogen-bond acceptors (Lipinski definition) is 2. The minimum atomic E-state index is 0.0746. The maximum absolute atomic E-state index is 5.92. The summed E-state index contributed by atoms with van der Waals surface area (Å²) in [5.41, 5.74) is 10.0. The average Bonchev–Trinajstić information content (AvgIpc) is 2.22. The van der Waals surface area contributed by atoms with E-state index in [0.717, 1.165) is 0 Å². The summed E-state index contributed by atoms with van der Waals surface area (Å²) in [5, 5.41) is 0. The van der Waals surface area contributed by atoms with E-state index < -0.39 is 0 Å². The number of aryl methyl sites for hydroxylation is 2. The van der Waals surface area contributed by atoms with Crippen molar-refractivity contribution in [1.82, 2.24) is 4.90 Å². The molecule has 0 saturated carbocycles. The van der Waals surface area contributed by atoms with Crippen molar-refractivity contribution in [2.75, 3.05) is 20.6 Å². The van der Waals surface area contributed by atoms with Gasteiger partial charge in [0.2, 0.25) is 0 Å². The van der Waals surface area contributed by atoms with Crippen molar-refractivity contribution in [2.24, 2.45) is 11.1 Å². The Morgan fingerprint density at radius 2 is 1.76 bits per heavy atom. The zero-order chi connectivity index (χ0) is 13.2. The van der Waals surface area contributed by atoms with Crippen LogP contribution in [0.3, 0.4) is 0 Å². The molecule has 0 bridgehead atoms. The summed E-state index contributed by atoms with van der Waals surface area (Å²) in [6.45, 7) is 9.46. The molecule has 0 heterocycles. The number of benzene rings is 1. The average molecular weight is 234 g/mol. The number of hydrogen-bond donors (Lipinski definition) is 1. The van der Waals surface area contributed by atoms with Gasteiger partial charge in [-0.2, -0.15) is 0 Å². The van der Waals surface area contributed by atoms with Gasteiger partial charge in [-0.25, -0.2) is 0 Å². The van der Waals surface area contributed by atoms with Crippen LogP contribution in [0, 0.1) is 19.3 Å². The van der Waals surface area contributed by atoms with Crippen LogP contribution in [0.4, 0.5) is 0 Å². The molecule has 0 aliphatic rings. The number of rotatable bonds is 4. The van der Waals surface area contributed by atoms with Crippen LogP contribution >= 0.6 is 0 Å². The summed E-state index contributed by atoms with van der Waals surface area (Å²) in [7, 11) is 4.24. The van der Waals surface area contributed by atoms with Gasteiger partial charge >= 0.3 is 0 Å². The molecule has 0 amide bonds. The SMILES string of the molecule is Cc1ccc(C(N(C)C)C(C)(C)CN)cc1C. The van der Waals surface area contributed by atoms with Gasteiger partial charge in [0.1, 0.15) is 0 Å². The highest BCUT2D eigenvalue weighted by molar-refractivity contribution is 5.32. The second-order valence-corrected chi connectivity index (χ2v) is 5.90. The van der Waals surface area contributed by atoms with Crippen LogP contribution in [-0.2, 0) is 0 Å². The van der Waals surface area contributed by atoms with Crippen LogP contribution in [-0.4, -0.2) is 25.5 Å². The zero-order valence-electron chi connectivity index (χ0n) is 12.0. The van der Waals surface area contributed by atoms with E-state index in [0.29, 0.717) is 12.6 Å². The fraction of sp³-hybridized carbons (Fsp3) is 0.600. The van der Waals surface area contributed by atoms with E-state index in [-0.39, 0.29) is 5.41 Å². The monoisotopic (exact) mass is 234 g/mol. The summed E-state index contributed by atoms with van der Waals surface area (Å²) in [6, 6.07) is 7.07. The van der Waals surface area contributed by atoms with E-state index in [1.54, 1.807) is 0 Å². The maximum atomic E-state index is 5.92. The van der Waals surface area contributed by atoms with Crippen LogP contribution in [0.2, 0.25) is 0 Å². The van der Waals surface area contributed by atoms with Crippen molar-refractivity contribution in [3.05, 3.63) is 34.9 Å². The summed E-state index contributed by atoms with van der Waals surface area (Å²) in [4.78, 5) is 2.26. The van der Waals surface area contributed by atoms with E-state index >= 15 is 0 Å². The summed E-state index contributed by atoms with van der Waals surface area (Å²) in [6.07, 6.45) is 0. The molecule has 17 heavy (non-hydrogen) atoms. The summed E-state index contributed by atoms with van der Waals surface area (Å²) < 4.78 is 0. The maximum Gasteiger partial charge on any atom is 0.0405 e. The quantitative estimate of drug-likeness (QED) is 0.868. The number of nitrogens with zero attached hydrogens (tertiary/aromatic N) is 1. The Morgan fingerprint density at radius 1 is 1.18 bits per heavy atom. The van der Waals surface area contributed by atoms with E-state index in [9.17, 15) is 0 Å². The predicted molar refractivity (Wildman–Crippen MR) is 75.2 cm³/mol. The lowest BCUT2D eigenvalue weighted by atomic mass is 9.79. The van der Waals surface area contributed by atoms with Gasteiger partial charge in [-0.05, 0) is 56.6 Å². The van der Waals surface area contributed by atoms with E-state index in [1.165, 1.54) is 16.7 Å². The van der Waals surface area contributed by atoms with Crippen LogP contribution in [0.25, 0.3) is 0 Å². The normalized spacial score (nSPS) is 14.1. The molecule has 0 spiro atoms. The fourth-order valence-corrected chi connectivity index (χ4v) is 2.49. The van der Waals surface area contributed by atoms with Crippen molar-refractivity contribution in [3.8, 4) is 0 Å². The first-order chi connectivity index (χ1) is 7.79. The van der Waals surface area contributed by atoms with Gasteiger partial charge in [0.15, 0.2) is 0 Å². The highest BCUT2D eigenvalue weighted by Gasteiger charge is 2.31. The minimum absolute atomic E-state index is 0.0746. The highest BCUT2D eigenvalue weighted by Crippen LogP contribution is 2.36. The Hall–Kier alpha value is -0.860. The van der Waals surface area contributed by atoms with Crippen LogP contribution in [0.5, 0.6) is 0 Å².